The van der Waals surface area contributed by atoms with Crippen LogP contribution in [0.3, 0.4) is 0 Å². The van der Waals surface area contributed by atoms with Crippen LogP contribution in [0.25, 0.3) is 11.1 Å². The molecule has 1 fully saturated rings. The van der Waals surface area contributed by atoms with E-state index in [1.165, 1.54) is 48.8 Å². The van der Waals surface area contributed by atoms with Crippen LogP contribution in [0.1, 0.15) is 31.2 Å². The third kappa shape index (κ3) is 2.75. The second-order valence-electron chi connectivity index (χ2n) is 6.98. The van der Waals surface area contributed by atoms with Gasteiger partial charge in [0.25, 0.3) is 0 Å². The van der Waals surface area contributed by atoms with Gasteiger partial charge in [0.1, 0.15) is 0 Å². The zero-order valence-corrected chi connectivity index (χ0v) is 13.1. The molecule has 2 aliphatic carbocycles. The Morgan fingerprint density at radius 1 is 0.864 bits per heavy atom. The van der Waals surface area contributed by atoms with Crippen molar-refractivity contribution < 1.29 is 0 Å². The average Bonchev–Trinajstić information content (AvgIpc) is 2.87. The maximum absolute atomic E-state index is 2.47. The van der Waals surface area contributed by atoms with Crippen molar-refractivity contribution in [3.05, 3.63) is 72.3 Å². The van der Waals surface area contributed by atoms with Crippen molar-refractivity contribution in [2.75, 3.05) is 0 Å². The maximum atomic E-state index is 2.47. The van der Waals surface area contributed by atoms with E-state index in [0.29, 0.717) is 0 Å². The van der Waals surface area contributed by atoms with Crippen LogP contribution in [0.5, 0.6) is 0 Å². The van der Waals surface area contributed by atoms with Crippen LogP contribution in [0.2, 0.25) is 0 Å². The van der Waals surface area contributed by atoms with E-state index in [1.54, 1.807) is 0 Å². The Labute approximate surface area is 133 Å². The quantitative estimate of drug-likeness (QED) is 0.615. The summed E-state index contributed by atoms with van der Waals surface area (Å²) in [6.07, 6.45) is 11.7. The van der Waals surface area contributed by atoms with Gasteiger partial charge in [-0.05, 0) is 66.5 Å². The Morgan fingerprint density at radius 3 is 2.55 bits per heavy atom. The summed E-state index contributed by atoms with van der Waals surface area (Å²) in [6.45, 7) is 0. The molecule has 2 aromatic rings. The zero-order chi connectivity index (χ0) is 14.8. The lowest BCUT2D eigenvalue weighted by Gasteiger charge is -2.19. The molecule has 2 aromatic carbocycles. The molecule has 1 saturated carbocycles. The molecule has 0 saturated heterocycles. The Bertz CT molecular complexity index is 653. The average molecular weight is 288 g/mol. The van der Waals surface area contributed by atoms with Gasteiger partial charge in [-0.1, -0.05) is 66.7 Å². The number of hydrogen-bond acceptors (Lipinski definition) is 0. The highest BCUT2D eigenvalue weighted by atomic mass is 14.4. The minimum atomic E-state index is 0.883. The number of benzene rings is 2. The normalized spacial score (nSPS) is 26.3. The van der Waals surface area contributed by atoms with Crippen LogP contribution in [-0.4, -0.2) is 0 Å². The molecule has 4 rings (SSSR count). The third-order valence-corrected chi connectivity index (χ3v) is 5.61. The monoisotopic (exact) mass is 288 g/mol. The standard InChI is InChI=1S/C22H24/c1-2-8-18(9-3-1)22-12-5-4-10-19(22)13-14-21-16-17-7-6-11-20(21)15-17/h1-10,12,17,20-21H,11,13-16H2. The van der Waals surface area contributed by atoms with Crippen molar-refractivity contribution in [1.82, 2.24) is 0 Å². The van der Waals surface area contributed by atoms with Gasteiger partial charge in [-0.15, -0.1) is 0 Å². The predicted octanol–water partition coefficient (Wildman–Crippen LogP) is 5.89. The fourth-order valence-corrected chi connectivity index (χ4v) is 4.48. The van der Waals surface area contributed by atoms with Crippen LogP contribution in [0.4, 0.5) is 0 Å². The molecule has 112 valence electrons. The molecular formula is C22H24. The van der Waals surface area contributed by atoms with Crippen LogP contribution in [0, 0.1) is 17.8 Å². The summed E-state index contributed by atoms with van der Waals surface area (Å²) in [6, 6.07) is 19.8. The van der Waals surface area contributed by atoms with Crippen molar-refractivity contribution in [3.8, 4) is 11.1 Å². The van der Waals surface area contributed by atoms with Crippen LogP contribution >= 0.6 is 0 Å². The predicted molar refractivity (Wildman–Crippen MR) is 93.7 cm³/mol. The van der Waals surface area contributed by atoms with Crippen molar-refractivity contribution >= 4 is 0 Å². The summed E-state index contributed by atoms with van der Waals surface area (Å²) in [4.78, 5) is 0. The molecule has 0 aromatic heterocycles. The molecule has 0 amide bonds. The van der Waals surface area contributed by atoms with Crippen LogP contribution in [0.15, 0.2) is 66.7 Å². The van der Waals surface area contributed by atoms with E-state index < -0.39 is 0 Å². The summed E-state index contributed by atoms with van der Waals surface area (Å²) < 4.78 is 0. The first-order chi connectivity index (χ1) is 10.9. The minimum absolute atomic E-state index is 0.883. The lowest BCUT2D eigenvalue weighted by atomic mass is 9.86. The number of rotatable bonds is 4. The number of hydrogen-bond donors (Lipinski definition) is 0. The van der Waals surface area contributed by atoms with Gasteiger partial charge in [-0.2, -0.15) is 0 Å². The fraction of sp³-hybridized carbons (Fsp3) is 0.364. The molecule has 0 heterocycles. The highest BCUT2D eigenvalue weighted by molar-refractivity contribution is 5.67. The summed E-state index contributed by atoms with van der Waals surface area (Å²) in [5, 5.41) is 0. The molecule has 0 nitrogen and oxygen atoms in total. The third-order valence-electron chi connectivity index (χ3n) is 5.61. The lowest BCUT2D eigenvalue weighted by molar-refractivity contribution is 0.368. The van der Waals surface area contributed by atoms with Crippen LogP contribution < -0.4 is 0 Å². The van der Waals surface area contributed by atoms with E-state index in [-0.39, 0.29) is 0 Å². The van der Waals surface area contributed by atoms with Gasteiger partial charge in [-0.25, -0.2) is 0 Å². The Morgan fingerprint density at radius 2 is 1.68 bits per heavy atom. The molecule has 0 N–H and O–H groups in total. The van der Waals surface area contributed by atoms with Gasteiger partial charge in [0.2, 0.25) is 0 Å². The molecule has 22 heavy (non-hydrogen) atoms. The maximum Gasteiger partial charge on any atom is -0.0152 e. The highest BCUT2D eigenvalue weighted by Gasteiger charge is 2.33. The highest BCUT2D eigenvalue weighted by Crippen LogP contribution is 2.44. The van der Waals surface area contributed by atoms with E-state index in [9.17, 15) is 0 Å². The first kappa shape index (κ1) is 13.8. The summed E-state index contributed by atoms with van der Waals surface area (Å²) in [7, 11) is 0. The topological polar surface area (TPSA) is 0 Å². The summed E-state index contributed by atoms with van der Waals surface area (Å²) in [5.74, 6) is 2.77. The van der Waals surface area contributed by atoms with Gasteiger partial charge < -0.3 is 0 Å². The smallest absolute Gasteiger partial charge is 0.0152 e. The van der Waals surface area contributed by atoms with Crippen molar-refractivity contribution in [2.45, 2.75) is 32.1 Å². The fourth-order valence-electron chi connectivity index (χ4n) is 4.48. The molecule has 2 bridgehead atoms. The van der Waals surface area contributed by atoms with Gasteiger partial charge in [-0.3, -0.25) is 0 Å². The molecule has 0 spiro atoms. The molecule has 2 aliphatic rings. The molecule has 3 unspecified atom stereocenters. The van der Waals surface area contributed by atoms with E-state index in [2.05, 4.69) is 66.7 Å². The van der Waals surface area contributed by atoms with Gasteiger partial charge in [0.15, 0.2) is 0 Å². The second-order valence-corrected chi connectivity index (χ2v) is 6.98. The van der Waals surface area contributed by atoms with E-state index in [0.717, 1.165) is 17.8 Å². The van der Waals surface area contributed by atoms with E-state index in [1.807, 2.05) is 0 Å². The first-order valence-electron chi connectivity index (χ1n) is 8.70. The number of allylic oxidation sites excluding steroid dienone is 2. The Hall–Kier alpha value is -1.82. The molecule has 0 radical (unpaired) electrons. The molecule has 3 atom stereocenters. The minimum Gasteiger partial charge on any atom is -0.0880 e. The van der Waals surface area contributed by atoms with Crippen LogP contribution in [-0.2, 0) is 6.42 Å². The van der Waals surface area contributed by atoms with Gasteiger partial charge in [0.05, 0.1) is 0 Å². The van der Waals surface area contributed by atoms with Gasteiger partial charge in [0, 0.05) is 0 Å². The molecular weight excluding hydrogens is 264 g/mol. The summed E-state index contributed by atoms with van der Waals surface area (Å²) >= 11 is 0. The number of fused-ring (bicyclic) bond motifs is 2. The van der Waals surface area contributed by atoms with E-state index >= 15 is 0 Å². The van der Waals surface area contributed by atoms with Crippen molar-refractivity contribution in [2.24, 2.45) is 17.8 Å². The second kappa shape index (κ2) is 6.12. The lowest BCUT2D eigenvalue weighted by Crippen LogP contribution is -2.08. The van der Waals surface area contributed by atoms with E-state index in [4.69, 9.17) is 0 Å². The van der Waals surface area contributed by atoms with Crippen molar-refractivity contribution in [3.63, 3.8) is 0 Å². The number of aryl methyl sites for hydroxylation is 1. The SMILES string of the molecule is C1=CC2CC(C1)C(CCc1ccccc1-c1ccccc1)C2. The van der Waals surface area contributed by atoms with Gasteiger partial charge >= 0.3 is 0 Å². The van der Waals surface area contributed by atoms with Crippen molar-refractivity contribution in [1.29, 1.82) is 0 Å². The first-order valence-corrected chi connectivity index (χ1v) is 8.70. The Kier molecular flexibility index (Phi) is 3.84. The Balaban J connectivity index is 1.50. The molecule has 0 heteroatoms. The summed E-state index contributed by atoms with van der Waals surface area (Å²) in [5.41, 5.74) is 4.29. The molecule has 0 aliphatic heterocycles. The largest absolute Gasteiger partial charge is 0.0880 e. The zero-order valence-electron chi connectivity index (χ0n) is 13.1.